The molecule has 0 spiro atoms. The van der Waals surface area contributed by atoms with Crippen LogP contribution >= 0.6 is 11.3 Å². The Labute approximate surface area is 169 Å². The van der Waals surface area contributed by atoms with Crippen molar-refractivity contribution in [2.24, 2.45) is 0 Å². The van der Waals surface area contributed by atoms with Gasteiger partial charge < -0.3 is 10.2 Å². The highest BCUT2D eigenvalue weighted by molar-refractivity contribution is 7.22. The van der Waals surface area contributed by atoms with Crippen LogP contribution in [-0.2, 0) is 11.0 Å². The van der Waals surface area contributed by atoms with Crippen LogP contribution < -0.4 is 10.2 Å². The number of para-hydroxylation sites is 1. The van der Waals surface area contributed by atoms with E-state index in [1.54, 1.807) is 6.07 Å². The van der Waals surface area contributed by atoms with Gasteiger partial charge in [0.15, 0.2) is 5.13 Å². The molecule has 5 nitrogen and oxygen atoms in total. The summed E-state index contributed by atoms with van der Waals surface area (Å²) >= 11 is 1.43. The molecule has 152 valence electrons. The van der Waals surface area contributed by atoms with Crippen molar-refractivity contribution in [1.82, 2.24) is 9.88 Å². The van der Waals surface area contributed by atoms with Gasteiger partial charge in [-0.25, -0.2) is 4.98 Å². The molecule has 0 saturated carbocycles. The number of piperazine rings is 1. The highest BCUT2D eigenvalue weighted by Gasteiger charge is 2.31. The number of anilines is 2. The van der Waals surface area contributed by atoms with E-state index >= 15 is 0 Å². The maximum Gasteiger partial charge on any atom is 0.416 e. The van der Waals surface area contributed by atoms with E-state index in [4.69, 9.17) is 0 Å². The summed E-state index contributed by atoms with van der Waals surface area (Å²) in [5.74, 6) is -0.142. The molecule has 29 heavy (non-hydrogen) atoms. The fourth-order valence-electron chi connectivity index (χ4n) is 3.33. The highest BCUT2D eigenvalue weighted by atomic mass is 32.1. The van der Waals surface area contributed by atoms with E-state index in [0.29, 0.717) is 37.0 Å². The lowest BCUT2D eigenvalue weighted by molar-refractivity contribution is -0.137. The number of benzene rings is 2. The summed E-state index contributed by atoms with van der Waals surface area (Å²) in [6.45, 7) is 2.56. The number of amides is 1. The third kappa shape index (κ3) is 4.68. The van der Waals surface area contributed by atoms with Gasteiger partial charge in [-0.3, -0.25) is 9.69 Å². The first-order valence-electron chi connectivity index (χ1n) is 9.18. The fourth-order valence-corrected chi connectivity index (χ4v) is 4.21. The minimum absolute atomic E-state index is 0.142. The molecule has 1 N–H and O–H groups in total. The average Bonchev–Trinajstić information content (AvgIpc) is 3.10. The molecule has 0 unspecified atom stereocenters. The predicted octanol–water partition coefficient (Wildman–Crippen LogP) is 4.08. The molecule has 0 bridgehead atoms. The number of aromatic nitrogens is 1. The second kappa shape index (κ2) is 8.00. The molecule has 3 aromatic rings. The molecular weight excluding hydrogens is 401 g/mol. The van der Waals surface area contributed by atoms with Gasteiger partial charge in [0.05, 0.1) is 22.3 Å². The summed E-state index contributed by atoms with van der Waals surface area (Å²) in [4.78, 5) is 20.6. The maximum absolute atomic E-state index is 12.9. The van der Waals surface area contributed by atoms with Gasteiger partial charge in [-0.05, 0) is 30.3 Å². The number of alkyl halides is 3. The van der Waals surface area contributed by atoms with Crippen LogP contribution in [-0.4, -0.2) is 48.5 Å². The van der Waals surface area contributed by atoms with Crippen LogP contribution in [0.3, 0.4) is 0 Å². The van der Waals surface area contributed by atoms with Crippen LogP contribution in [0.15, 0.2) is 48.5 Å². The van der Waals surface area contributed by atoms with Gasteiger partial charge in [0, 0.05) is 31.9 Å². The van der Waals surface area contributed by atoms with Crippen molar-refractivity contribution in [3.63, 3.8) is 0 Å². The lowest BCUT2D eigenvalue weighted by Gasteiger charge is -2.35. The Bertz CT molecular complexity index is 979. The predicted molar refractivity (Wildman–Crippen MR) is 108 cm³/mol. The van der Waals surface area contributed by atoms with Gasteiger partial charge in [-0.2, -0.15) is 13.2 Å². The lowest BCUT2D eigenvalue weighted by Crippen LogP contribution is -2.48. The zero-order valence-corrected chi connectivity index (χ0v) is 16.3. The van der Waals surface area contributed by atoms with E-state index in [0.717, 1.165) is 16.3 Å². The van der Waals surface area contributed by atoms with Crippen molar-refractivity contribution in [2.75, 3.05) is 42.9 Å². The monoisotopic (exact) mass is 420 g/mol. The van der Waals surface area contributed by atoms with Crippen molar-refractivity contribution >= 4 is 38.3 Å². The first-order chi connectivity index (χ1) is 13.9. The zero-order chi connectivity index (χ0) is 20.4. The number of rotatable bonds is 4. The van der Waals surface area contributed by atoms with Crippen LogP contribution in [0, 0.1) is 0 Å². The molecule has 1 aromatic heterocycles. The Balaban J connectivity index is 1.31. The first kappa shape index (κ1) is 19.7. The molecule has 1 amide bonds. The first-order valence-corrected chi connectivity index (χ1v) is 10.0. The molecule has 0 radical (unpaired) electrons. The van der Waals surface area contributed by atoms with Crippen LogP contribution in [0.1, 0.15) is 5.56 Å². The normalized spacial score (nSPS) is 15.6. The molecule has 2 heterocycles. The highest BCUT2D eigenvalue weighted by Crippen LogP contribution is 2.32. The number of nitrogens with one attached hydrogen (secondary N) is 1. The Kier molecular flexibility index (Phi) is 5.42. The summed E-state index contributed by atoms with van der Waals surface area (Å²) < 4.78 is 39.7. The lowest BCUT2D eigenvalue weighted by atomic mass is 10.1. The number of hydrogen-bond acceptors (Lipinski definition) is 5. The third-order valence-electron chi connectivity index (χ3n) is 4.82. The number of thiazole rings is 1. The van der Waals surface area contributed by atoms with Crippen molar-refractivity contribution in [2.45, 2.75) is 6.18 Å². The van der Waals surface area contributed by atoms with Gasteiger partial charge >= 0.3 is 6.18 Å². The van der Waals surface area contributed by atoms with Crippen LogP contribution in [0.25, 0.3) is 10.2 Å². The Morgan fingerprint density at radius 1 is 1.07 bits per heavy atom. The Hall–Kier alpha value is -2.65. The minimum atomic E-state index is -4.35. The maximum atomic E-state index is 12.9. The van der Waals surface area contributed by atoms with Crippen molar-refractivity contribution in [1.29, 1.82) is 0 Å². The molecule has 4 rings (SSSR count). The minimum Gasteiger partial charge on any atom is -0.369 e. The summed E-state index contributed by atoms with van der Waals surface area (Å²) in [6, 6.07) is 13.0. The fraction of sp³-hybridized carbons (Fsp3) is 0.300. The molecule has 1 fully saturated rings. The van der Waals surface area contributed by atoms with Crippen LogP contribution in [0.4, 0.5) is 24.0 Å². The smallest absolute Gasteiger partial charge is 0.369 e. The Morgan fingerprint density at radius 2 is 1.83 bits per heavy atom. The second-order valence-corrected chi connectivity index (χ2v) is 7.88. The van der Waals surface area contributed by atoms with Gasteiger partial charge in [0.25, 0.3) is 0 Å². The van der Waals surface area contributed by atoms with Gasteiger partial charge in [0.2, 0.25) is 5.91 Å². The standard InChI is InChI=1S/C20H19F3N4OS/c21-20(22,23)14-4-3-5-15(12-14)27-10-8-26(9-11-27)13-18(28)25-19-24-16-6-1-2-7-17(16)29-19/h1-7,12H,8-11,13H2,(H,24,25,28). The summed E-state index contributed by atoms with van der Waals surface area (Å²) in [6.07, 6.45) is -4.35. The molecule has 2 aromatic carbocycles. The molecule has 9 heteroatoms. The number of nitrogens with zero attached hydrogens (tertiary/aromatic N) is 3. The van der Waals surface area contributed by atoms with Crippen LogP contribution in [0.2, 0.25) is 0 Å². The van der Waals surface area contributed by atoms with Gasteiger partial charge in [-0.15, -0.1) is 0 Å². The summed E-state index contributed by atoms with van der Waals surface area (Å²) in [5.41, 5.74) is 0.758. The van der Waals surface area contributed by atoms with Gasteiger partial charge in [0.1, 0.15) is 0 Å². The molecule has 1 aliphatic rings. The molecule has 0 atom stereocenters. The summed E-state index contributed by atoms with van der Waals surface area (Å²) in [5, 5.41) is 3.40. The van der Waals surface area contributed by atoms with E-state index in [1.807, 2.05) is 34.1 Å². The topological polar surface area (TPSA) is 48.5 Å². The quantitative estimate of drug-likeness (QED) is 0.691. The van der Waals surface area contributed by atoms with E-state index in [2.05, 4.69) is 10.3 Å². The van der Waals surface area contributed by atoms with E-state index in [9.17, 15) is 18.0 Å². The summed E-state index contributed by atoms with van der Waals surface area (Å²) in [7, 11) is 0. The zero-order valence-electron chi connectivity index (χ0n) is 15.4. The van der Waals surface area contributed by atoms with Gasteiger partial charge in [-0.1, -0.05) is 29.5 Å². The largest absolute Gasteiger partial charge is 0.416 e. The number of fused-ring (bicyclic) bond motifs is 1. The van der Waals surface area contributed by atoms with Crippen molar-refractivity contribution < 1.29 is 18.0 Å². The van der Waals surface area contributed by atoms with Crippen LogP contribution in [0.5, 0.6) is 0 Å². The van der Waals surface area contributed by atoms with Crippen molar-refractivity contribution in [3.05, 3.63) is 54.1 Å². The Morgan fingerprint density at radius 3 is 2.55 bits per heavy atom. The molecule has 0 aliphatic carbocycles. The number of halogens is 3. The number of hydrogen-bond donors (Lipinski definition) is 1. The number of carbonyl (C=O) groups is 1. The second-order valence-electron chi connectivity index (χ2n) is 6.85. The van der Waals surface area contributed by atoms with E-state index in [-0.39, 0.29) is 12.5 Å². The van der Waals surface area contributed by atoms with E-state index in [1.165, 1.54) is 23.5 Å². The molecule has 1 aliphatic heterocycles. The van der Waals surface area contributed by atoms with Crippen molar-refractivity contribution in [3.8, 4) is 0 Å². The SMILES string of the molecule is O=C(CN1CCN(c2cccc(C(F)(F)F)c2)CC1)Nc1nc2ccccc2s1. The molecular formula is C20H19F3N4OS. The third-order valence-corrected chi connectivity index (χ3v) is 5.77. The number of carbonyl (C=O) groups excluding carboxylic acids is 1. The average molecular weight is 420 g/mol. The van der Waals surface area contributed by atoms with E-state index < -0.39 is 11.7 Å². The molecule has 1 saturated heterocycles.